The average Bonchev–Trinajstić information content (AvgIpc) is 3.00. The number of benzene rings is 1. The van der Waals surface area contributed by atoms with E-state index in [1.807, 2.05) is 38.2 Å². The fraction of sp³-hybridized carbons (Fsp3) is 0.400. The van der Waals surface area contributed by atoms with Gasteiger partial charge in [-0.3, -0.25) is 24.5 Å². The number of ether oxygens (including phenoxy) is 1. The highest BCUT2D eigenvalue weighted by Gasteiger charge is 2.31. The number of pyridine rings is 2. The third-order valence-corrected chi connectivity index (χ3v) is 7.01. The smallest absolute Gasteiger partial charge is 0.243 e. The summed E-state index contributed by atoms with van der Waals surface area (Å²) in [6.07, 6.45) is 6.77. The van der Waals surface area contributed by atoms with Crippen molar-refractivity contribution in [3.63, 3.8) is 0 Å². The molecule has 0 bridgehead atoms. The fourth-order valence-electron chi connectivity index (χ4n) is 4.75. The zero-order valence-electron chi connectivity index (χ0n) is 23.3. The summed E-state index contributed by atoms with van der Waals surface area (Å²) in [5.41, 5.74) is 3.17. The number of likely N-dealkylation sites (N-methyl/N-ethyl adjacent to an activating group) is 1. The number of anilines is 2. The van der Waals surface area contributed by atoms with Crippen molar-refractivity contribution < 1.29 is 19.4 Å². The van der Waals surface area contributed by atoms with Crippen LogP contribution >= 0.6 is 0 Å². The van der Waals surface area contributed by atoms with Gasteiger partial charge in [-0.15, -0.1) is 0 Å². The monoisotopic (exact) mass is 546 g/mol. The number of carbonyl (C=O) groups excluding carboxylic acids is 2. The number of nitrogens with zero attached hydrogens (tertiary/aromatic N) is 4. The summed E-state index contributed by atoms with van der Waals surface area (Å²) in [7, 11) is 2.04. The Balaban J connectivity index is 1.53. The molecule has 3 N–H and O–H groups in total. The number of hydrogen-bond donors (Lipinski definition) is 3. The molecule has 0 fully saturated rings. The Labute approximate surface area is 235 Å². The molecule has 1 aliphatic heterocycles. The number of aliphatic hydroxyl groups excluding tert-OH is 1. The molecule has 0 saturated carbocycles. The van der Waals surface area contributed by atoms with E-state index in [4.69, 9.17) is 4.74 Å². The molecule has 0 spiro atoms. The Hall–Kier alpha value is -4.02. The number of rotatable bonds is 10. The van der Waals surface area contributed by atoms with Gasteiger partial charge >= 0.3 is 0 Å². The van der Waals surface area contributed by atoms with Crippen LogP contribution in [0.1, 0.15) is 25.0 Å². The molecule has 3 unspecified atom stereocenters. The Bertz CT molecular complexity index is 1260. The van der Waals surface area contributed by atoms with Gasteiger partial charge in [-0.2, -0.15) is 0 Å². The summed E-state index contributed by atoms with van der Waals surface area (Å²) in [5, 5.41) is 15.8. The minimum absolute atomic E-state index is 0.00159. The highest BCUT2D eigenvalue weighted by Crippen LogP contribution is 2.29. The second-order valence-electron chi connectivity index (χ2n) is 10.4. The number of amides is 2. The number of aliphatic hydroxyl groups is 1. The molecule has 1 aliphatic rings. The van der Waals surface area contributed by atoms with Crippen LogP contribution in [0.15, 0.2) is 67.3 Å². The lowest BCUT2D eigenvalue weighted by atomic mass is 10.0. The van der Waals surface area contributed by atoms with Crippen LogP contribution in [0.25, 0.3) is 0 Å². The van der Waals surface area contributed by atoms with Gasteiger partial charge in [0, 0.05) is 61.6 Å². The maximum Gasteiger partial charge on any atom is 0.243 e. The van der Waals surface area contributed by atoms with Gasteiger partial charge < -0.3 is 25.4 Å². The first-order valence-corrected chi connectivity index (χ1v) is 13.5. The van der Waals surface area contributed by atoms with E-state index >= 15 is 0 Å². The van der Waals surface area contributed by atoms with Gasteiger partial charge in [0.25, 0.3) is 0 Å². The van der Waals surface area contributed by atoms with Gasteiger partial charge in [-0.1, -0.05) is 6.92 Å². The summed E-state index contributed by atoms with van der Waals surface area (Å²) in [6.45, 7) is 5.70. The molecule has 3 atom stereocenters. The van der Waals surface area contributed by atoms with Crippen molar-refractivity contribution in [1.29, 1.82) is 0 Å². The third kappa shape index (κ3) is 8.00. The lowest BCUT2D eigenvalue weighted by Gasteiger charge is -2.34. The van der Waals surface area contributed by atoms with Gasteiger partial charge in [-0.25, -0.2) is 0 Å². The van der Waals surface area contributed by atoms with E-state index in [9.17, 15) is 14.7 Å². The van der Waals surface area contributed by atoms with Crippen LogP contribution < -0.4 is 15.4 Å². The summed E-state index contributed by atoms with van der Waals surface area (Å²) in [6, 6.07) is 12.7. The van der Waals surface area contributed by atoms with E-state index in [0.29, 0.717) is 30.1 Å². The Kier molecular flexibility index (Phi) is 10.0. The van der Waals surface area contributed by atoms with Crippen LogP contribution in [0.3, 0.4) is 0 Å². The van der Waals surface area contributed by atoms with E-state index in [1.54, 1.807) is 47.9 Å². The molecule has 212 valence electrons. The van der Waals surface area contributed by atoms with Crippen molar-refractivity contribution in [3.8, 4) is 5.75 Å². The minimum Gasteiger partial charge on any atom is -0.488 e. The molecule has 0 aliphatic carbocycles. The quantitative estimate of drug-likeness (QED) is 0.355. The van der Waals surface area contributed by atoms with Crippen LogP contribution in [0.2, 0.25) is 0 Å². The number of hydrogen-bond acceptors (Lipinski definition) is 8. The van der Waals surface area contributed by atoms with E-state index in [-0.39, 0.29) is 49.5 Å². The predicted molar refractivity (Wildman–Crippen MR) is 154 cm³/mol. The zero-order valence-corrected chi connectivity index (χ0v) is 23.3. The summed E-state index contributed by atoms with van der Waals surface area (Å²) < 4.78 is 6.59. The normalized spacial score (nSPS) is 18.1. The number of nitrogens with one attached hydrogen (secondary N) is 2. The lowest BCUT2D eigenvalue weighted by Crippen LogP contribution is -2.47. The van der Waals surface area contributed by atoms with Crippen LogP contribution in [0.5, 0.6) is 5.75 Å². The number of aromatic nitrogens is 2. The molecular formula is C30H38N6O4. The van der Waals surface area contributed by atoms with Crippen molar-refractivity contribution in [2.24, 2.45) is 5.92 Å². The zero-order chi connectivity index (χ0) is 28.5. The standard InChI is InChI=1S/C30H38N6O4/c1-21-17-36(22(2)20-37)30(39)14-24-13-25(34-29(38)16-33-26-5-4-10-32-15-26)6-7-27(24)40-28(21)19-35(3)18-23-8-11-31-12-9-23/h4-13,15,21-22,28,33,37H,14,16-20H2,1-3H3,(H,34,38). The predicted octanol–water partition coefficient (Wildman–Crippen LogP) is 2.81. The van der Waals surface area contributed by atoms with Gasteiger partial charge in [0.05, 0.1) is 31.3 Å². The van der Waals surface area contributed by atoms with E-state index < -0.39 is 0 Å². The molecule has 0 radical (unpaired) electrons. The maximum atomic E-state index is 13.4. The van der Waals surface area contributed by atoms with Gasteiger partial charge in [0.15, 0.2) is 0 Å². The van der Waals surface area contributed by atoms with Gasteiger partial charge in [0.2, 0.25) is 11.8 Å². The van der Waals surface area contributed by atoms with Crippen molar-refractivity contribution >= 4 is 23.2 Å². The highest BCUT2D eigenvalue weighted by molar-refractivity contribution is 5.94. The average molecular weight is 547 g/mol. The lowest BCUT2D eigenvalue weighted by molar-refractivity contribution is -0.134. The molecule has 10 heteroatoms. The van der Waals surface area contributed by atoms with E-state index in [2.05, 4.69) is 32.4 Å². The summed E-state index contributed by atoms with van der Waals surface area (Å²) in [5.74, 6) is 0.304. The molecular weight excluding hydrogens is 508 g/mol. The summed E-state index contributed by atoms with van der Waals surface area (Å²) in [4.78, 5) is 38.1. The van der Waals surface area contributed by atoms with Gasteiger partial charge in [0.1, 0.15) is 11.9 Å². The Morgan fingerprint density at radius 2 is 1.98 bits per heavy atom. The van der Waals surface area contributed by atoms with Crippen LogP contribution in [0.4, 0.5) is 11.4 Å². The van der Waals surface area contributed by atoms with Crippen molar-refractivity contribution in [2.45, 2.75) is 39.0 Å². The Morgan fingerprint density at radius 1 is 1.18 bits per heavy atom. The molecule has 4 rings (SSSR count). The van der Waals surface area contributed by atoms with Crippen molar-refractivity contribution in [1.82, 2.24) is 19.8 Å². The number of carbonyl (C=O) groups is 2. The minimum atomic E-state index is -0.326. The first-order chi connectivity index (χ1) is 19.3. The molecule has 2 aromatic heterocycles. The molecule has 10 nitrogen and oxygen atoms in total. The van der Waals surface area contributed by atoms with Crippen LogP contribution in [-0.4, -0.2) is 82.1 Å². The topological polar surface area (TPSA) is 120 Å². The van der Waals surface area contributed by atoms with E-state index in [0.717, 1.165) is 17.8 Å². The first-order valence-electron chi connectivity index (χ1n) is 13.5. The molecule has 0 saturated heterocycles. The Morgan fingerprint density at radius 3 is 2.70 bits per heavy atom. The molecule has 3 heterocycles. The highest BCUT2D eigenvalue weighted by atomic mass is 16.5. The molecule has 1 aromatic carbocycles. The van der Waals surface area contributed by atoms with Crippen molar-refractivity contribution in [3.05, 3.63) is 78.4 Å². The number of fused-ring (bicyclic) bond motifs is 1. The van der Waals surface area contributed by atoms with Crippen molar-refractivity contribution in [2.75, 3.05) is 43.9 Å². The molecule has 40 heavy (non-hydrogen) atoms. The molecule has 2 amide bonds. The van der Waals surface area contributed by atoms with E-state index in [1.165, 1.54) is 0 Å². The second-order valence-corrected chi connectivity index (χ2v) is 10.4. The third-order valence-electron chi connectivity index (χ3n) is 7.01. The van der Waals surface area contributed by atoms with Crippen LogP contribution in [0, 0.1) is 5.92 Å². The molecule has 3 aromatic rings. The first kappa shape index (κ1) is 29.0. The SMILES string of the molecule is CC1CN(C(C)CO)C(=O)Cc2cc(NC(=O)CNc3cccnc3)ccc2OC1CN(C)Cc1ccncc1. The largest absolute Gasteiger partial charge is 0.488 e. The van der Waals surface area contributed by atoms with Crippen LogP contribution in [-0.2, 0) is 22.6 Å². The fourth-order valence-corrected chi connectivity index (χ4v) is 4.75. The second kappa shape index (κ2) is 13.9. The maximum absolute atomic E-state index is 13.4. The van der Waals surface area contributed by atoms with Gasteiger partial charge in [-0.05, 0) is 62.0 Å². The summed E-state index contributed by atoms with van der Waals surface area (Å²) >= 11 is 0.